The fourth-order valence-corrected chi connectivity index (χ4v) is 3.34. The highest BCUT2D eigenvalue weighted by atomic mass is 19.1. The number of nitrogens with one attached hydrogen (secondary N) is 2. The van der Waals surface area contributed by atoms with Gasteiger partial charge in [0.05, 0.1) is 11.4 Å². The van der Waals surface area contributed by atoms with Crippen LogP contribution in [0.3, 0.4) is 0 Å². The molecule has 0 saturated carbocycles. The fourth-order valence-electron chi connectivity index (χ4n) is 3.34. The maximum atomic E-state index is 13.8. The summed E-state index contributed by atoms with van der Waals surface area (Å²) in [6.45, 7) is 7.12. The van der Waals surface area contributed by atoms with Gasteiger partial charge in [-0.3, -0.25) is 10.1 Å². The average Bonchev–Trinajstić information content (AvgIpc) is 2.68. The minimum atomic E-state index is -0.596. The van der Waals surface area contributed by atoms with Crippen LogP contribution in [0.25, 0.3) is 0 Å². The Morgan fingerprint density at radius 3 is 2.27 bits per heavy atom. The molecular weight excluding hydrogens is 385 g/mol. The third kappa shape index (κ3) is 5.95. The van der Waals surface area contributed by atoms with E-state index in [2.05, 4.69) is 15.5 Å². The van der Waals surface area contributed by atoms with E-state index in [4.69, 9.17) is 4.74 Å². The summed E-state index contributed by atoms with van der Waals surface area (Å²) in [4.78, 5) is 26.7. The van der Waals surface area contributed by atoms with Crippen molar-refractivity contribution in [2.75, 3.05) is 28.6 Å². The van der Waals surface area contributed by atoms with Gasteiger partial charge in [0, 0.05) is 24.3 Å². The lowest BCUT2D eigenvalue weighted by atomic mass is 10.1. The van der Waals surface area contributed by atoms with Crippen molar-refractivity contribution < 1.29 is 18.7 Å². The van der Waals surface area contributed by atoms with Gasteiger partial charge < -0.3 is 15.0 Å². The van der Waals surface area contributed by atoms with Crippen LogP contribution in [-0.4, -0.2) is 30.7 Å². The van der Waals surface area contributed by atoms with Gasteiger partial charge in [-0.15, -0.1) is 0 Å². The summed E-state index contributed by atoms with van der Waals surface area (Å²) in [5.41, 5.74) is 1.60. The molecule has 0 unspecified atom stereocenters. The van der Waals surface area contributed by atoms with E-state index in [0.717, 1.165) is 31.6 Å². The van der Waals surface area contributed by atoms with Gasteiger partial charge in [-0.2, -0.15) is 0 Å². The van der Waals surface area contributed by atoms with Crippen molar-refractivity contribution in [1.82, 2.24) is 0 Å². The number of halogens is 1. The average molecular weight is 413 g/mol. The molecule has 1 saturated heterocycles. The Bertz CT molecular complexity index is 901. The maximum absolute atomic E-state index is 13.8. The largest absolute Gasteiger partial charge is 0.444 e. The number of amides is 2. The number of piperidine rings is 1. The number of carbonyl (C=O) groups is 2. The number of ether oxygens (including phenoxy) is 1. The molecule has 2 aromatic rings. The molecule has 2 aromatic carbocycles. The Labute approximate surface area is 176 Å². The van der Waals surface area contributed by atoms with Crippen molar-refractivity contribution in [1.29, 1.82) is 0 Å². The zero-order valence-electron chi connectivity index (χ0n) is 17.6. The first kappa shape index (κ1) is 21.6. The molecule has 0 aromatic heterocycles. The van der Waals surface area contributed by atoms with Crippen molar-refractivity contribution in [3.63, 3.8) is 0 Å². The monoisotopic (exact) mass is 413 g/mol. The summed E-state index contributed by atoms with van der Waals surface area (Å²) in [7, 11) is 0. The quantitative estimate of drug-likeness (QED) is 0.703. The molecule has 1 aliphatic rings. The Hall–Kier alpha value is -3.09. The Kier molecular flexibility index (Phi) is 6.59. The first-order chi connectivity index (χ1) is 14.2. The highest BCUT2D eigenvalue weighted by molar-refractivity contribution is 6.06. The topological polar surface area (TPSA) is 70.7 Å². The molecule has 2 amide bonds. The van der Waals surface area contributed by atoms with E-state index in [1.165, 1.54) is 18.6 Å². The standard InChI is InChI=1S/C23H28FN3O3/c1-23(2,3)30-22(29)25-18-10-7-16(8-11-18)21(28)26-19-15-17(24)9-12-20(19)27-13-5-4-6-14-27/h7-12,15H,4-6,13-14H2,1-3H3,(H,25,29)(H,26,28). The predicted octanol–water partition coefficient (Wildman–Crippen LogP) is 5.42. The van der Waals surface area contributed by atoms with Gasteiger partial charge in [0.25, 0.3) is 5.91 Å². The van der Waals surface area contributed by atoms with Crippen LogP contribution in [0, 0.1) is 5.82 Å². The molecule has 0 bridgehead atoms. The molecule has 0 aliphatic carbocycles. The zero-order valence-corrected chi connectivity index (χ0v) is 17.6. The first-order valence-electron chi connectivity index (χ1n) is 10.2. The maximum Gasteiger partial charge on any atom is 0.412 e. The molecule has 1 aliphatic heterocycles. The third-order valence-corrected chi connectivity index (χ3v) is 4.70. The van der Waals surface area contributed by atoms with Crippen molar-refractivity contribution in [3.8, 4) is 0 Å². The van der Waals surface area contributed by atoms with Gasteiger partial charge >= 0.3 is 6.09 Å². The van der Waals surface area contributed by atoms with E-state index in [9.17, 15) is 14.0 Å². The summed E-state index contributed by atoms with van der Waals surface area (Å²) in [5.74, 6) is -0.745. The lowest BCUT2D eigenvalue weighted by Gasteiger charge is -2.30. The number of hydrogen-bond donors (Lipinski definition) is 2. The molecule has 2 N–H and O–H groups in total. The summed E-state index contributed by atoms with van der Waals surface area (Å²) >= 11 is 0. The number of nitrogens with zero attached hydrogens (tertiary/aromatic N) is 1. The van der Waals surface area contributed by atoms with Crippen LogP contribution < -0.4 is 15.5 Å². The number of rotatable bonds is 4. The molecule has 0 spiro atoms. The van der Waals surface area contributed by atoms with Crippen molar-refractivity contribution in [2.24, 2.45) is 0 Å². The van der Waals surface area contributed by atoms with E-state index < -0.39 is 17.5 Å². The molecule has 1 heterocycles. The fraction of sp³-hybridized carbons (Fsp3) is 0.391. The lowest BCUT2D eigenvalue weighted by molar-refractivity contribution is 0.0636. The van der Waals surface area contributed by atoms with Crippen LogP contribution >= 0.6 is 0 Å². The first-order valence-corrected chi connectivity index (χ1v) is 10.2. The highest BCUT2D eigenvalue weighted by Gasteiger charge is 2.18. The van der Waals surface area contributed by atoms with Gasteiger partial charge in [-0.25, -0.2) is 9.18 Å². The summed E-state index contributed by atoms with van der Waals surface area (Å²) in [5, 5.41) is 5.45. The van der Waals surface area contributed by atoms with Crippen LogP contribution in [0.5, 0.6) is 0 Å². The number of benzene rings is 2. The Balaban J connectivity index is 1.69. The molecular formula is C23H28FN3O3. The summed E-state index contributed by atoms with van der Waals surface area (Å²) < 4.78 is 19.0. The number of hydrogen-bond acceptors (Lipinski definition) is 4. The van der Waals surface area contributed by atoms with Crippen molar-refractivity contribution in [3.05, 3.63) is 53.8 Å². The molecule has 6 nitrogen and oxygen atoms in total. The minimum Gasteiger partial charge on any atom is -0.444 e. The van der Waals surface area contributed by atoms with E-state index >= 15 is 0 Å². The van der Waals surface area contributed by atoms with Gasteiger partial charge in [0.1, 0.15) is 11.4 Å². The van der Waals surface area contributed by atoms with Crippen LogP contribution in [0.2, 0.25) is 0 Å². The highest BCUT2D eigenvalue weighted by Crippen LogP contribution is 2.30. The van der Waals surface area contributed by atoms with Crippen LogP contribution in [0.1, 0.15) is 50.4 Å². The third-order valence-electron chi connectivity index (χ3n) is 4.70. The normalized spacial score (nSPS) is 14.2. The number of carbonyl (C=O) groups excluding carboxylic acids is 2. The second-order valence-corrected chi connectivity index (χ2v) is 8.37. The summed E-state index contributed by atoms with van der Waals surface area (Å²) in [6, 6.07) is 10.9. The van der Waals surface area contributed by atoms with Gasteiger partial charge in [-0.05, 0) is 82.5 Å². The van der Waals surface area contributed by atoms with Crippen LogP contribution in [-0.2, 0) is 4.74 Å². The Morgan fingerprint density at radius 2 is 1.63 bits per heavy atom. The van der Waals surface area contributed by atoms with E-state index in [1.54, 1.807) is 51.1 Å². The van der Waals surface area contributed by atoms with E-state index in [1.807, 2.05) is 0 Å². The molecule has 0 atom stereocenters. The second-order valence-electron chi connectivity index (χ2n) is 8.37. The molecule has 3 rings (SSSR count). The summed E-state index contributed by atoms with van der Waals surface area (Å²) in [6.07, 6.45) is 2.78. The van der Waals surface area contributed by atoms with Crippen LogP contribution in [0.15, 0.2) is 42.5 Å². The molecule has 160 valence electrons. The number of anilines is 3. The van der Waals surface area contributed by atoms with Gasteiger partial charge in [0.15, 0.2) is 0 Å². The molecule has 30 heavy (non-hydrogen) atoms. The van der Waals surface area contributed by atoms with E-state index in [-0.39, 0.29) is 5.91 Å². The smallest absolute Gasteiger partial charge is 0.412 e. The van der Waals surface area contributed by atoms with Crippen molar-refractivity contribution >= 4 is 29.1 Å². The minimum absolute atomic E-state index is 0.345. The SMILES string of the molecule is CC(C)(C)OC(=O)Nc1ccc(C(=O)Nc2cc(F)ccc2N2CCCCC2)cc1. The molecule has 7 heteroatoms. The van der Waals surface area contributed by atoms with Crippen LogP contribution in [0.4, 0.5) is 26.2 Å². The molecule has 1 fully saturated rings. The predicted molar refractivity (Wildman–Crippen MR) is 117 cm³/mol. The van der Waals surface area contributed by atoms with Gasteiger partial charge in [0.2, 0.25) is 0 Å². The second kappa shape index (κ2) is 9.15. The van der Waals surface area contributed by atoms with Gasteiger partial charge in [-0.1, -0.05) is 0 Å². The molecule has 0 radical (unpaired) electrons. The van der Waals surface area contributed by atoms with Crippen molar-refractivity contribution in [2.45, 2.75) is 45.6 Å². The van der Waals surface area contributed by atoms with E-state index in [0.29, 0.717) is 16.9 Å². The zero-order chi connectivity index (χ0) is 21.7. The lowest BCUT2D eigenvalue weighted by Crippen LogP contribution is -2.30. The Morgan fingerprint density at radius 1 is 0.967 bits per heavy atom.